The van der Waals surface area contributed by atoms with Crippen LogP contribution in [-0.4, -0.2) is 24.3 Å². The molecular weight excluding hydrogens is 172 g/mol. The van der Waals surface area contributed by atoms with E-state index < -0.39 is 11.4 Å². The zero-order chi connectivity index (χ0) is 10.5. The van der Waals surface area contributed by atoms with Crippen LogP contribution in [0, 0.1) is 5.41 Å². The molecule has 0 amide bonds. The molecule has 76 valence electrons. The predicted octanol–water partition coefficient (Wildman–Crippen LogP) is 1.06. The molecule has 0 atom stereocenters. The molecule has 0 unspecified atom stereocenters. The van der Waals surface area contributed by atoms with Gasteiger partial charge in [-0.15, -0.1) is 0 Å². The van der Waals surface area contributed by atoms with Gasteiger partial charge in [0.05, 0.1) is 18.6 Å². The lowest BCUT2D eigenvalue weighted by Crippen LogP contribution is -2.30. The zero-order valence-electron chi connectivity index (χ0n) is 8.29. The number of aliphatic hydroxyl groups is 1. The molecule has 0 aromatic carbocycles. The monoisotopic (exact) mass is 188 g/mol. The van der Waals surface area contributed by atoms with Crippen molar-refractivity contribution >= 4 is 5.97 Å². The summed E-state index contributed by atoms with van der Waals surface area (Å²) in [5.41, 5.74) is -0.917. The fourth-order valence-corrected chi connectivity index (χ4v) is 0.497. The SMILES string of the molecule is C=C(OCC)OC(=O)C(C)(C)CO. The summed E-state index contributed by atoms with van der Waals surface area (Å²) in [6.45, 7) is 8.42. The molecule has 0 heterocycles. The van der Waals surface area contributed by atoms with Crippen LogP contribution in [0.4, 0.5) is 0 Å². The van der Waals surface area contributed by atoms with Gasteiger partial charge in [-0.2, -0.15) is 0 Å². The average Bonchev–Trinajstić information content (AvgIpc) is 2.04. The lowest BCUT2D eigenvalue weighted by molar-refractivity contribution is -0.157. The zero-order valence-corrected chi connectivity index (χ0v) is 8.29. The van der Waals surface area contributed by atoms with Crippen LogP contribution in [0.15, 0.2) is 12.5 Å². The summed E-state index contributed by atoms with van der Waals surface area (Å²) < 4.78 is 9.56. The highest BCUT2D eigenvalue weighted by atomic mass is 16.7. The molecule has 0 saturated carbocycles. The second-order valence-electron chi connectivity index (χ2n) is 3.24. The van der Waals surface area contributed by atoms with E-state index in [0.717, 1.165) is 0 Å². The Balaban J connectivity index is 4.07. The van der Waals surface area contributed by atoms with Crippen molar-refractivity contribution in [2.24, 2.45) is 5.41 Å². The van der Waals surface area contributed by atoms with E-state index in [9.17, 15) is 4.79 Å². The molecule has 0 rings (SSSR count). The number of carbonyl (C=O) groups is 1. The Bertz CT molecular complexity index is 196. The molecule has 0 spiro atoms. The first-order valence-corrected chi connectivity index (χ1v) is 4.09. The number of aliphatic hydroxyl groups excluding tert-OH is 1. The molecule has 1 N–H and O–H groups in total. The van der Waals surface area contributed by atoms with Crippen molar-refractivity contribution in [2.45, 2.75) is 20.8 Å². The predicted molar refractivity (Wildman–Crippen MR) is 47.7 cm³/mol. The van der Waals surface area contributed by atoms with Crippen LogP contribution in [0.5, 0.6) is 0 Å². The molecule has 0 bridgehead atoms. The minimum atomic E-state index is -0.917. The summed E-state index contributed by atoms with van der Waals surface area (Å²) >= 11 is 0. The van der Waals surface area contributed by atoms with E-state index >= 15 is 0 Å². The van der Waals surface area contributed by atoms with Gasteiger partial charge >= 0.3 is 5.97 Å². The molecule has 13 heavy (non-hydrogen) atoms. The van der Waals surface area contributed by atoms with Gasteiger partial charge in [0.25, 0.3) is 5.95 Å². The lowest BCUT2D eigenvalue weighted by atomic mass is 9.95. The van der Waals surface area contributed by atoms with Crippen molar-refractivity contribution in [1.29, 1.82) is 0 Å². The molecule has 0 aliphatic heterocycles. The van der Waals surface area contributed by atoms with Gasteiger partial charge in [0.1, 0.15) is 0 Å². The summed E-state index contributed by atoms with van der Waals surface area (Å²) in [6.07, 6.45) is 0. The summed E-state index contributed by atoms with van der Waals surface area (Å²) in [6, 6.07) is 0. The maximum Gasteiger partial charge on any atom is 0.321 e. The van der Waals surface area contributed by atoms with Crippen molar-refractivity contribution in [3.8, 4) is 0 Å². The second kappa shape index (κ2) is 4.87. The number of hydrogen-bond donors (Lipinski definition) is 1. The third-order valence-corrected chi connectivity index (χ3v) is 1.46. The smallest absolute Gasteiger partial charge is 0.321 e. The molecule has 4 heteroatoms. The average molecular weight is 188 g/mol. The minimum absolute atomic E-state index is 0.0333. The summed E-state index contributed by atoms with van der Waals surface area (Å²) in [5.74, 6) is -0.581. The molecule has 0 fully saturated rings. The van der Waals surface area contributed by atoms with E-state index in [1.54, 1.807) is 20.8 Å². The van der Waals surface area contributed by atoms with Gasteiger partial charge in [0.15, 0.2) is 0 Å². The van der Waals surface area contributed by atoms with Gasteiger partial charge < -0.3 is 14.6 Å². The molecule has 0 aromatic rings. The van der Waals surface area contributed by atoms with E-state index in [1.165, 1.54) is 0 Å². The van der Waals surface area contributed by atoms with E-state index in [0.29, 0.717) is 6.61 Å². The van der Waals surface area contributed by atoms with Crippen LogP contribution in [0.1, 0.15) is 20.8 Å². The number of rotatable bonds is 5. The molecule has 4 nitrogen and oxygen atoms in total. The van der Waals surface area contributed by atoms with Gasteiger partial charge in [-0.25, -0.2) is 0 Å². The Morgan fingerprint density at radius 2 is 2.08 bits per heavy atom. The first kappa shape index (κ1) is 12.0. The Hall–Kier alpha value is -1.03. The first-order valence-electron chi connectivity index (χ1n) is 4.09. The van der Waals surface area contributed by atoms with Crippen LogP contribution in [0.25, 0.3) is 0 Å². The minimum Gasteiger partial charge on any atom is -0.466 e. The molecule has 0 aliphatic rings. The van der Waals surface area contributed by atoms with Crippen molar-refractivity contribution in [2.75, 3.05) is 13.2 Å². The van der Waals surface area contributed by atoms with Gasteiger partial charge in [-0.3, -0.25) is 4.79 Å². The van der Waals surface area contributed by atoms with E-state index in [-0.39, 0.29) is 12.6 Å². The van der Waals surface area contributed by atoms with Gasteiger partial charge in [-0.05, 0) is 27.4 Å². The standard InChI is InChI=1S/C9H16O4/c1-5-12-7(2)13-8(11)9(3,4)6-10/h10H,2,5-6H2,1,3-4H3. The summed E-state index contributed by atoms with van der Waals surface area (Å²) in [4.78, 5) is 11.3. The molecule has 0 radical (unpaired) electrons. The third kappa shape index (κ3) is 3.94. The molecular formula is C9H16O4. The number of hydrogen-bond acceptors (Lipinski definition) is 4. The maximum absolute atomic E-state index is 11.3. The Labute approximate surface area is 78.2 Å². The van der Waals surface area contributed by atoms with Gasteiger partial charge in [0, 0.05) is 0 Å². The number of ether oxygens (including phenoxy) is 2. The van der Waals surface area contributed by atoms with Crippen LogP contribution in [0.2, 0.25) is 0 Å². The van der Waals surface area contributed by atoms with Crippen molar-refractivity contribution in [1.82, 2.24) is 0 Å². The topological polar surface area (TPSA) is 55.8 Å². The Morgan fingerprint density at radius 3 is 2.46 bits per heavy atom. The number of esters is 1. The van der Waals surface area contributed by atoms with Crippen LogP contribution in [0.3, 0.4) is 0 Å². The second-order valence-corrected chi connectivity index (χ2v) is 3.24. The van der Waals surface area contributed by atoms with Crippen LogP contribution in [-0.2, 0) is 14.3 Å². The van der Waals surface area contributed by atoms with Gasteiger partial charge in [-0.1, -0.05) is 0 Å². The van der Waals surface area contributed by atoms with Crippen molar-refractivity contribution < 1.29 is 19.4 Å². The van der Waals surface area contributed by atoms with E-state index in [2.05, 4.69) is 6.58 Å². The highest BCUT2D eigenvalue weighted by molar-refractivity contribution is 5.76. The Morgan fingerprint density at radius 1 is 1.54 bits per heavy atom. The lowest BCUT2D eigenvalue weighted by Gasteiger charge is -2.19. The fourth-order valence-electron chi connectivity index (χ4n) is 0.497. The van der Waals surface area contributed by atoms with Crippen LogP contribution < -0.4 is 0 Å². The summed E-state index contributed by atoms with van der Waals surface area (Å²) in [5, 5.41) is 8.84. The normalized spacial score (nSPS) is 10.8. The highest BCUT2D eigenvalue weighted by Crippen LogP contribution is 2.17. The van der Waals surface area contributed by atoms with E-state index in [1.807, 2.05) is 0 Å². The third-order valence-electron chi connectivity index (χ3n) is 1.46. The maximum atomic E-state index is 11.3. The van der Waals surface area contributed by atoms with Gasteiger partial charge in [0.2, 0.25) is 0 Å². The first-order chi connectivity index (χ1) is 5.94. The van der Waals surface area contributed by atoms with Crippen molar-refractivity contribution in [3.63, 3.8) is 0 Å². The quantitative estimate of drug-likeness (QED) is 0.517. The van der Waals surface area contributed by atoms with E-state index in [4.69, 9.17) is 14.6 Å². The highest BCUT2D eigenvalue weighted by Gasteiger charge is 2.29. The van der Waals surface area contributed by atoms with Crippen molar-refractivity contribution in [3.05, 3.63) is 12.5 Å². The Kier molecular flexibility index (Phi) is 4.48. The fraction of sp³-hybridized carbons (Fsp3) is 0.667. The number of carbonyl (C=O) groups excluding carboxylic acids is 1. The summed E-state index contributed by atoms with van der Waals surface area (Å²) in [7, 11) is 0. The largest absolute Gasteiger partial charge is 0.466 e. The van der Waals surface area contributed by atoms with Crippen LogP contribution >= 0.6 is 0 Å². The molecule has 0 aromatic heterocycles. The molecule has 0 saturated heterocycles. The molecule has 0 aliphatic carbocycles.